The zero-order valence-electron chi connectivity index (χ0n) is 8.40. The molecular formula is C11H15NOS. The van der Waals surface area contributed by atoms with Gasteiger partial charge in [-0.05, 0) is 17.4 Å². The van der Waals surface area contributed by atoms with E-state index in [4.69, 9.17) is 4.74 Å². The molecule has 0 aliphatic carbocycles. The molecule has 1 aliphatic heterocycles. The van der Waals surface area contributed by atoms with Gasteiger partial charge < -0.3 is 4.74 Å². The lowest BCUT2D eigenvalue weighted by atomic mass is 10.1. The lowest BCUT2D eigenvalue weighted by Gasteiger charge is -2.23. The van der Waals surface area contributed by atoms with Crippen LogP contribution in [0.3, 0.4) is 0 Å². The van der Waals surface area contributed by atoms with Gasteiger partial charge in [0.15, 0.2) is 0 Å². The van der Waals surface area contributed by atoms with E-state index in [9.17, 15) is 0 Å². The average Bonchev–Trinajstić information content (AvgIpc) is 2.19. The molecule has 0 radical (unpaired) electrons. The highest BCUT2D eigenvalue weighted by molar-refractivity contribution is 7.96. The molecule has 0 amide bonds. The second-order valence-corrected chi connectivity index (χ2v) is 4.25. The van der Waals surface area contributed by atoms with Gasteiger partial charge in [-0.3, -0.25) is 0 Å². The van der Waals surface area contributed by atoms with Crippen molar-refractivity contribution in [3.8, 4) is 0 Å². The first kappa shape index (κ1) is 10.0. The summed E-state index contributed by atoms with van der Waals surface area (Å²) >= 11 is 1.79. The summed E-state index contributed by atoms with van der Waals surface area (Å²) in [7, 11) is 0. The third-order valence-corrected chi connectivity index (χ3v) is 3.29. The minimum absolute atomic E-state index is 0.762. The van der Waals surface area contributed by atoms with Gasteiger partial charge >= 0.3 is 0 Å². The molecule has 0 saturated heterocycles. The van der Waals surface area contributed by atoms with E-state index in [1.807, 2.05) is 0 Å². The molecule has 0 N–H and O–H groups in total. The van der Waals surface area contributed by atoms with Crippen LogP contribution in [0.4, 0.5) is 0 Å². The molecule has 1 heterocycles. The second-order valence-electron chi connectivity index (χ2n) is 3.37. The van der Waals surface area contributed by atoms with E-state index in [0.717, 1.165) is 26.3 Å². The smallest absolute Gasteiger partial charge is 0.0720 e. The van der Waals surface area contributed by atoms with Crippen LogP contribution in [0.2, 0.25) is 0 Å². The number of hydrogen-bond acceptors (Lipinski definition) is 3. The molecule has 0 saturated carbocycles. The molecule has 76 valence electrons. The van der Waals surface area contributed by atoms with Crippen molar-refractivity contribution >= 4 is 11.9 Å². The zero-order valence-corrected chi connectivity index (χ0v) is 9.22. The summed E-state index contributed by atoms with van der Waals surface area (Å²) in [5, 5.41) is 0. The molecular weight excluding hydrogens is 194 g/mol. The first-order valence-electron chi connectivity index (χ1n) is 4.84. The van der Waals surface area contributed by atoms with Crippen molar-refractivity contribution in [3.63, 3.8) is 0 Å². The largest absolute Gasteiger partial charge is 0.375 e. The summed E-state index contributed by atoms with van der Waals surface area (Å²) in [6.45, 7) is 3.63. The van der Waals surface area contributed by atoms with E-state index < -0.39 is 0 Å². The number of nitrogens with zero attached hydrogens (tertiary/aromatic N) is 1. The SMILES string of the molecule is CSN1CCOCc2ccccc2C1. The lowest BCUT2D eigenvalue weighted by Crippen LogP contribution is -2.23. The minimum Gasteiger partial charge on any atom is -0.375 e. The van der Waals surface area contributed by atoms with E-state index in [0.29, 0.717) is 0 Å². The highest BCUT2D eigenvalue weighted by Crippen LogP contribution is 2.18. The Bertz CT molecular complexity index is 303. The van der Waals surface area contributed by atoms with Gasteiger partial charge in [-0.25, -0.2) is 4.31 Å². The van der Waals surface area contributed by atoms with Crippen LogP contribution in [-0.2, 0) is 17.9 Å². The zero-order chi connectivity index (χ0) is 9.80. The van der Waals surface area contributed by atoms with Gasteiger partial charge in [0.25, 0.3) is 0 Å². The molecule has 0 aromatic heterocycles. The van der Waals surface area contributed by atoms with Crippen molar-refractivity contribution in [2.75, 3.05) is 19.4 Å². The van der Waals surface area contributed by atoms with E-state index in [1.165, 1.54) is 11.1 Å². The molecule has 1 aliphatic rings. The highest BCUT2D eigenvalue weighted by atomic mass is 32.2. The van der Waals surface area contributed by atoms with E-state index in [2.05, 4.69) is 34.8 Å². The van der Waals surface area contributed by atoms with Crippen LogP contribution in [0, 0.1) is 0 Å². The van der Waals surface area contributed by atoms with Crippen molar-refractivity contribution in [1.29, 1.82) is 0 Å². The maximum Gasteiger partial charge on any atom is 0.0720 e. The van der Waals surface area contributed by atoms with Gasteiger partial charge in [0.05, 0.1) is 13.2 Å². The predicted octanol–water partition coefficient (Wildman–Crippen LogP) is 2.30. The molecule has 1 aromatic carbocycles. The summed E-state index contributed by atoms with van der Waals surface area (Å²) in [5.74, 6) is 0. The molecule has 0 spiro atoms. The number of benzene rings is 1. The van der Waals surface area contributed by atoms with Crippen LogP contribution in [-0.4, -0.2) is 23.7 Å². The lowest BCUT2D eigenvalue weighted by molar-refractivity contribution is 0.104. The summed E-state index contributed by atoms with van der Waals surface area (Å²) < 4.78 is 7.91. The van der Waals surface area contributed by atoms with Gasteiger partial charge in [0.1, 0.15) is 0 Å². The Morgan fingerprint density at radius 3 is 2.86 bits per heavy atom. The van der Waals surface area contributed by atoms with Gasteiger partial charge in [-0.1, -0.05) is 36.2 Å². The Balaban J connectivity index is 2.21. The molecule has 0 fully saturated rings. The fourth-order valence-electron chi connectivity index (χ4n) is 1.63. The molecule has 2 rings (SSSR count). The van der Waals surface area contributed by atoms with E-state index in [1.54, 1.807) is 11.9 Å². The van der Waals surface area contributed by atoms with Crippen LogP contribution in [0.1, 0.15) is 11.1 Å². The first-order valence-corrected chi connectivity index (χ1v) is 6.02. The average molecular weight is 209 g/mol. The minimum atomic E-state index is 0.762. The first-order chi connectivity index (χ1) is 6.90. The predicted molar refractivity (Wildman–Crippen MR) is 60.0 cm³/mol. The number of hydrogen-bond donors (Lipinski definition) is 0. The summed E-state index contributed by atoms with van der Waals surface area (Å²) in [6.07, 6.45) is 2.12. The molecule has 0 atom stereocenters. The second kappa shape index (κ2) is 4.82. The Morgan fingerprint density at radius 1 is 1.29 bits per heavy atom. The van der Waals surface area contributed by atoms with Crippen molar-refractivity contribution in [3.05, 3.63) is 35.4 Å². The summed E-state index contributed by atoms with van der Waals surface area (Å²) in [5.41, 5.74) is 2.72. The van der Waals surface area contributed by atoms with Gasteiger partial charge in [-0.2, -0.15) is 0 Å². The van der Waals surface area contributed by atoms with Crippen molar-refractivity contribution < 1.29 is 4.74 Å². The third-order valence-electron chi connectivity index (χ3n) is 2.47. The van der Waals surface area contributed by atoms with Crippen LogP contribution in [0.15, 0.2) is 24.3 Å². The topological polar surface area (TPSA) is 12.5 Å². The molecule has 2 nitrogen and oxygen atoms in total. The molecule has 0 bridgehead atoms. The molecule has 14 heavy (non-hydrogen) atoms. The fourth-order valence-corrected chi connectivity index (χ4v) is 2.15. The van der Waals surface area contributed by atoms with Crippen molar-refractivity contribution in [2.24, 2.45) is 0 Å². The van der Waals surface area contributed by atoms with E-state index >= 15 is 0 Å². The van der Waals surface area contributed by atoms with Crippen LogP contribution in [0.25, 0.3) is 0 Å². The Kier molecular flexibility index (Phi) is 3.45. The fraction of sp³-hybridized carbons (Fsp3) is 0.455. The maximum absolute atomic E-state index is 5.58. The maximum atomic E-state index is 5.58. The number of fused-ring (bicyclic) bond motifs is 1. The Morgan fingerprint density at radius 2 is 2.07 bits per heavy atom. The molecule has 1 aromatic rings. The van der Waals surface area contributed by atoms with Crippen LogP contribution < -0.4 is 0 Å². The third kappa shape index (κ3) is 2.29. The normalized spacial score (nSPS) is 18.4. The van der Waals surface area contributed by atoms with Gasteiger partial charge in [0.2, 0.25) is 0 Å². The van der Waals surface area contributed by atoms with Crippen LogP contribution >= 0.6 is 11.9 Å². The summed E-state index contributed by atoms with van der Waals surface area (Å²) in [6, 6.07) is 8.51. The number of rotatable bonds is 1. The highest BCUT2D eigenvalue weighted by Gasteiger charge is 2.11. The Labute approximate surface area is 89.4 Å². The number of ether oxygens (including phenoxy) is 1. The van der Waals surface area contributed by atoms with E-state index in [-0.39, 0.29) is 0 Å². The van der Waals surface area contributed by atoms with Crippen molar-refractivity contribution in [2.45, 2.75) is 13.2 Å². The van der Waals surface area contributed by atoms with Gasteiger partial charge in [0, 0.05) is 13.1 Å². The van der Waals surface area contributed by atoms with Crippen LogP contribution in [0.5, 0.6) is 0 Å². The monoisotopic (exact) mass is 209 g/mol. The summed E-state index contributed by atoms with van der Waals surface area (Å²) in [4.78, 5) is 0. The van der Waals surface area contributed by atoms with Crippen molar-refractivity contribution in [1.82, 2.24) is 4.31 Å². The standard InChI is InChI=1S/C11H15NOS/c1-14-12-6-7-13-9-11-5-3-2-4-10(11)8-12/h2-5H,6-9H2,1H3. The molecule has 0 unspecified atom stereocenters. The molecule has 3 heteroatoms. The van der Waals surface area contributed by atoms with Gasteiger partial charge in [-0.15, -0.1) is 0 Å². The quantitative estimate of drug-likeness (QED) is 0.658. The Hall–Kier alpha value is -0.510.